The number of rotatable bonds is 3. The van der Waals surface area contributed by atoms with E-state index in [0.29, 0.717) is 22.1 Å². The summed E-state index contributed by atoms with van der Waals surface area (Å²) in [6.07, 6.45) is 5.08. The highest BCUT2D eigenvalue weighted by atomic mass is 32.2. The lowest BCUT2D eigenvalue weighted by Gasteiger charge is -1.96. The van der Waals surface area contributed by atoms with E-state index in [0.717, 1.165) is 0 Å². The van der Waals surface area contributed by atoms with Crippen LogP contribution >= 0.6 is 11.8 Å². The monoisotopic (exact) mass is 287 g/mol. The predicted octanol–water partition coefficient (Wildman–Crippen LogP) is 2.70. The molecule has 7 heteroatoms. The molecule has 2 aromatic heterocycles. The van der Waals surface area contributed by atoms with Gasteiger partial charge in [-0.2, -0.15) is 0 Å². The fourth-order valence-electron chi connectivity index (χ4n) is 1.77. The molecule has 0 unspecified atom stereocenters. The van der Waals surface area contributed by atoms with E-state index in [1.54, 1.807) is 24.5 Å². The average molecular weight is 287 g/mol. The number of carboxylic acids is 1. The normalized spacial score (nSPS) is 10.8. The van der Waals surface area contributed by atoms with Gasteiger partial charge in [0, 0.05) is 12.4 Å². The molecule has 0 saturated heterocycles. The van der Waals surface area contributed by atoms with Crippen molar-refractivity contribution in [1.82, 2.24) is 15.0 Å². The van der Waals surface area contributed by atoms with Gasteiger partial charge in [-0.25, -0.2) is 19.7 Å². The lowest BCUT2D eigenvalue weighted by atomic mass is 10.2. The largest absolute Gasteiger partial charge is 0.478 e. The summed E-state index contributed by atoms with van der Waals surface area (Å²) in [4.78, 5) is 23.7. The van der Waals surface area contributed by atoms with Crippen LogP contribution in [0.4, 0.5) is 0 Å². The summed E-state index contributed by atoms with van der Waals surface area (Å²) in [7, 11) is 0. The van der Waals surface area contributed by atoms with Gasteiger partial charge < -0.3 is 9.52 Å². The Morgan fingerprint density at radius 2 is 2.05 bits per heavy atom. The maximum absolute atomic E-state index is 11.1. The van der Waals surface area contributed by atoms with Crippen LogP contribution < -0.4 is 0 Å². The molecule has 2 heterocycles. The Balaban J connectivity index is 2.12. The number of oxazole rings is 1. The summed E-state index contributed by atoms with van der Waals surface area (Å²) >= 11 is 1.43. The topological polar surface area (TPSA) is 89.1 Å². The summed E-state index contributed by atoms with van der Waals surface area (Å²) in [6.45, 7) is 0. The molecule has 3 rings (SSSR count). The summed E-state index contributed by atoms with van der Waals surface area (Å²) in [5.74, 6) is -0.742. The van der Waals surface area contributed by atoms with Gasteiger partial charge in [-0.05, 0) is 18.4 Å². The molecule has 0 saturated carbocycles. The highest BCUT2D eigenvalue weighted by Crippen LogP contribution is 2.26. The van der Waals surface area contributed by atoms with Crippen molar-refractivity contribution in [2.75, 3.05) is 6.26 Å². The summed E-state index contributed by atoms with van der Waals surface area (Å²) in [5, 5.41) is 9.76. The number of aromatic nitrogens is 3. The minimum absolute atomic E-state index is 0.0860. The number of carbonyl (C=O) groups is 1. The Morgan fingerprint density at radius 1 is 1.30 bits per heavy atom. The van der Waals surface area contributed by atoms with Gasteiger partial charge >= 0.3 is 5.97 Å². The number of fused-ring (bicyclic) bond motifs is 1. The minimum atomic E-state index is -1.05. The van der Waals surface area contributed by atoms with Gasteiger partial charge in [0.15, 0.2) is 10.7 Å². The van der Waals surface area contributed by atoms with Crippen molar-refractivity contribution in [3.63, 3.8) is 0 Å². The molecule has 0 spiro atoms. The third-order valence-corrected chi connectivity index (χ3v) is 3.28. The predicted molar refractivity (Wildman–Crippen MR) is 73.8 cm³/mol. The molecular formula is C13H9N3O3S. The zero-order chi connectivity index (χ0) is 14.1. The van der Waals surface area contributed by atoms with Crippen molar-refractivity contribution in [3.05, 3.63) is 36.2 Å². The van der Waals surface area contributed by atoms with Crippen LogP contribution in [-0.4, -0.2) is 32.3 Å². The van der Waals surface area contributed by atoms with Gasteiger partial charge in [-0.15, -0.1) is 0 Å². The van der Waals surface area contributed by atoms with Crippen molar-refractivity contribution in [1.29, 1.82) is 0 Å². The van der Waals surface area contributed by atoms with E-state index >= 15 is 0 Å². The number of para-hydroxylation sites is 1. The standard InChI is InChI=1S/C13H9N3O3S/c1-20-13-14-5-7(6-15-13)11-16-9-4-2-3-8(12(17)18)10(9)19-11/h2-6H,1H3,(H,17,18). The van der Waals surface area contributed by atoms with Crippen molar-refractivity contribution < 1.29 is 14.3 Å². The minimum Gasteiger partial charge on any atom is -0.478 e. The molecule has 0 aliphatic rings. The number of carboxylic acid groups (broad SMARTS) is 1. The van der Waals surface area contributed by atoms with Gasteiger partial charge in [0.05, 0.1) is 5.56 Å². The van der Waals surface area contributed by atoms with Crippen LogP contribution in [0.2, 0.25) is 0 Å². The fourth-order valence-corrected chi connectivity index (χ4v) is 2.09. The van der Waals surface area contributed by atoms with Crippen LogP contribution in [0.15, 0.2) is 40.2 Å². The second kappa shape index (κ2) is 4.93. The van der Waals surface area contributed by atoms with Crippen LogP contribution in [-0.2, 0) is 0 Å². The van der Waals surface area contributed by atoms with Crippen LogP contribution in [0.1, 0.15) is 10.4 Å². The Hall–Kier alpha value is -2.41. The number of aromatic carboxylic acids is 1. The zero-order valence-corrected chi connectivity index (χ0v) is 11.2. The lowest BCUT2D eigenvalue weighted by Crippen LogP contribution is -1.95. The molecule has 0 atom stereocenters. The van der Waals surface area contributed by atoms with Gasteiger partial charge in [-0.3, -0.25) is 0 Å². The maximum atomic E-state index is 11.1. The van der Waals surface area contributed by atoms with Gasteiger partial charge in [0.2, 0.25) is 5.89 Å². The molecule has 20 heavy (non-hydrogen) atoms. The highest BCUT2D eigenvalue weighted by Gasteiger charge is 2.15. The van der Waals surface area contributed by atoms with Crippen LogP contribution in [0.5, 0.6) is 0 Å². The Bertz CT molecular complexity index is 783. The van der Waals surface area contributed by atoms with Crippen LogP contribution in [0, 0.1) is 0 Å². The summed E-state index contributed by atoms with van der Waals surface area (Å²) in [5.41, 5.74) is 1.44. The number of thioether (sulfide) groups is 1. The van der Waals surface area contributed by atoms with Crippen LogP contribution in [0.25, 0.3) is 22.6 Å². The fraction of sp³-hybridized carbons (Fsp3) is 0.0769. The molecule has 0 radical (unpaired) electrons. The van der Waals surface area contributed by atoms with Crippen molar-refractivity contribution in [2.45, 2.75) is 5.16 Å². The van der Waals surface area contributed by atoms with Crippen molar-refractivity contribution in [3.8, 4) is 11.5 Å². The number of hydrogen-bond donors (Lipinski definition) is 1. The number of hydrogen-bond acceptors (Lipinski definition) is 6. The second-order valence-electron chi connectivity index (χ2n) is 3.94. The summed E-state index contributed by atoms with van der Waals surface area (Å²) in [6, 6.07) is 4.81. The molecule has 0 amide bonds. The first-order valence-electron chi connectivity index (χ1n) is 5.68. The van der Waals surface area contributed by atoms with Crippen molar-refractivity contribution in [2.24, 2.45) is 0 Å². The van der Waals surface area contributed by atoms with E-state index in [4.69, 9.17) is 9.52 Å². The molecule has 100 valence electrons. The SMILES string of the molecule is CSc1ncc(-c2nc3cccc(C(=O)O)c3o2)cn1. The van der Waals surface area contributed by atoms with Gasteiger partial charge in [-0.1, -0.05) is 17.8 Å². The van der Waals surface area contributed by atoms with E-state index in [1.165, 1.54) is 17.8 Å². The second-order valence-corrected chi connectivity index (χ2v) is 4.71. The highest BCUT2D eigenvalue weighted by molar-refractivity contribution is 7.98. The molecule has 3 aromatic rings. The number of nitrogens with zero attached hydrogens (tertiary/aromatic N) is 3. The molecule has 6 nitrogen and oxygen atoms in total. The number of benzene rings is 1. The van der Waals surface area contributed by atoms with E-state index in [-0.39, 0.29) is 11.1 Å². The average Bonchev–Trinajstić information content (AvgIpc) is 2.90. The zero-order valence-electron chi connectivity index (χ0n) is 10.4. The first-order chi connectivity index (χ1) is 9.69. The van der Waals surface area contributed by atoms with E-state index in [2.05, 4.69) is 15.0 Å². The summed E-state index contributed by atoms with van der Waals surface area (Å²) < 4.78 is 5.54. The molecular weight excluding hydrogens is 278 g/mol. The van der Waals surface area contributed by atoms with Crippen molar-refractivity contribution >= 4 is 28.8 Å². The smallest absolute Gasteiger partial charge is 0.339 e. The molecule has 1 N–H and O–H groups in total. The van der Waals surface area contributed by atoms with E-state index in [1.807, 2.05) is 6.26 Å². The van der Waals surface area contributed by atoms with E-state index < -0.39 is 5.97 Å². The van der Waals surface area contributed by atoms with Gasteiger partial charge in [0.25, 0.3) is 0 Å². The first-order valence-corrected chi connectivity index (χ1v) is 6.91. The van der Waals surface area contributed by atoms with Crippen LogP contribution in [0.3, 0.4) is 0 Å². The third kappa shape index (κ3) is 2.12. The Labute approximate surface area is 117 Å². The Morgan fingerprint density at radius 3 is 2.70 bits per heavy atom. The quantitative estimate of drug-likeness (QED) is 0.585. The van der Waals surface area contributed by atoms with Gasteiger partial charge in [0.1, 0.15) is 11.1 Å². The molecule has 0 bridgehead atoms. The Kier molecular flexibility index (Phi) is 3.11. The first kappa shape index (κ1) is 12.6. The third-order valence-electron chi connectivity index (χ3n) is 2.70. The molecule has 0 aliphatic carbocycles. The van der Waals surface area contributed by atoms with E-state index in [9.17, 15) is 4.79 Å². The maximum Gasteiger partial charge on any atom is 0.339 e. The lowest BCUT2D eigenvalue weighted by molar-refractivity contribution is 0.0698. The molecule has 0 aliphatic heterocycles. The molecule has 0 fully saturated rings. The molecule has 1 aromatic carbocycles.